The number of benzene rings is 1. The van der Waals surface area contributed by atoms with Gasteiger partial charge in [0.25, 0.3) is 0 Å². The Balaban J connectivity index is 2.13. The quantitative estimate of drug-likeness (QED) is 0.606. The van der Waals surface area contributed by atoms with Crippen LogP contribution >= 0.6 is 0 Å². The highest BCUT2D eigenvalue weighted by Crippen LogP contribution is 2.30. The Morgan fingerprint density at radius 1 is 1.18 bits per heavy atom. The number of rotatable bonds is 5. The molecule has 9 heteroatoms. The zero-order valence-corrected chi connectivity index (χ0v) is 15.0. The van der Waals surface area contributed by atoms with Crippen LogP contribution in [0.3, 0.4) is 0 Å². The van der Waals surface area contributed by atoms with Gasteiger partial charge in [-0.15, -0.1) is 13.2 Å². The van der Waals surface area contributed by atoms with E-state index in [1.54, 1.807) is 44.4 Å². The van der Waals surface area contributed by atoms with Gasteiger partial charge in [0.05, 0.1) is 18.0 Å². The molecule has 0 fully saturated rings. The van der Waals surface area contributed by atoms with Crippen molar-refractivity contribution in [3.63, 3.8) is 0 Å². The fourth-order valence-corrected chi connectivity index (χ4v) is 2.73. The lowest BCUT2D eigenvalue weighted by Gasteiger charge is -2.11. The third-order valence-corrected chi connectivity index (χ3v) is 3.85. The van der Waals surface area contributed by atoms with Crippen LogP contribution in [0, 0.1) is 6.92 Å². The third kappa shape index (κ3) is 4.13. The molecule has 0 bridgehead atoms. The van der Waals surface area contributed by atoms with Gasteiger partial charge in [-0.05, 0) is 38.1 Å². The maximum Gasteiger partial charge on any atom is 0.573 e. The highest BCUT2D eigenvalue weighted by Gasteiger charge is 2.31. The minimum Gasteiger partial charge on any atom is -0.462 e. The summed E-state index contributed by atoms with van der Waals surface area (Å²) in [7, 11) is 0. The fraction of sp³-hybridized carbons (Fsp3) is 0.211. The van der Waals surface area contributed by atoms with Crippen molar-refractivity contribution in [3.8, 4) is 22.7 Å². The van der Waals surface area contributed by atoms with Crippen LogP contribution in [0.5, 0.6) is 5.75 Å². The maximum absolute atomic E-state index is 12.5. The summed E-state index contributed by atoms with van der Waals surface area (Å²) in [6.45, 7) is 3.50. The van der Waals surface area contributed by atoms with E-state index in [9.17, 15) is 18.0 Å². The van der Waals surface area contributed by atoms with E-state index in [2.05, 4.69) is 14.8 Å². The summed E-state index contributed by atoms with van der Waals surface area (Å²) >= 11 is 0. The van der Waals surface area contributed by atoms with Gasteiger partial charge in [0.15, 0.2) is 0 Å². The van der Waals surface area contributed by atoms with Crippen molar-refractivity contribution in [2.75, 3.05) is 6.61 Å². The first kappa shape index (κ1) is 19.4. The molecule has 0 unspecified atom stereocenters. The molecule has 28 heavy (non-hydrogen) atoms. The van der Waals surface area contributed by atoms with Crippen LogP contribution in [0.4, 0.5) is 13.2 Å². The average Bonchev–Trinajstić information content (AvgIpc) is 2.99. The molecule has 0 aliphatic rings. The number of esters is 1. The van der Waals surface area contributed by atoms with Crippen LogP contribution in [0.25, 0.3) is 16.9 Å². The summed E-state index contributed by atoms with van der Waals surface area (Å²) in [5.41, 5.74) is 1.94. The number of carbonyl (C=O) groups excluding carboxylic acids is 1. The molecule has 0 amide bonds. The highest BCUT2D eigenvalue weighted by molar-refractivity contribution is 5.97. The number of alkyl halides is 3. The smallest absolute Gasteiger partial charge is 0.462 e. The molecule has 3 rings (SSSR count). The molecule has 6 nitrogen and oxygen atoms in total. The first-order valence-corrected chi connectivity index (χ1v) is 8.33. The summed E-state index contributed by atoms with van der Waals surface area (Å²) in [5, 5.41) is 4.44. The molecule has 0 aliphatic carbocycles. The summed E-state index contributed by atoms with van der Waals surface area (Å²) in [6, 6.07) is 8.71. The molecule has 2 heterocycles. The van der Waals surface area contributed by atoms with Crippen molar-refractivity contribution in [2.24, 2.45) is 0 Å². The van der Waals surface area contributed by atoms with Gasteiger partial charge < -0.3 is 9.47 Å². The topological polar surface area (TPSA) is 66.2 Å². The summed E-state index contributed by atoms with van der Waals surface area (Å²) in [5.74, 6) is -0.955. The van der Waals surface area contributed by atoms with E-state index in [1.807, 2.05) is 0 Å². The molecule has 0 saturated heterocycles. The van der Waals surface area contributed by atoms with Gasteiger partial charge >= 0.3 is 12.3 Å². The molecule has 1 aromatic carbocycles. The Kier molecular flexibility index (Phi) is 5.34. The summed E-state index contributed by atoms with van der Waals surface area (Å²) in [6.07, 6.45) is -1.71. The van der Waals surface area contributed by atoms with Gasteiger partial charge in [-0.25, -0.2) is 9.48 Å². The first-order chi connectivity index (χ1) is 13.3. The van der Waals surface area contributed by atoms with Crippen molar-refractivity contribution in [3.05, 3.63) is 60.0 Å². The largest absolute Gasteiger partial charge is 0.573 e. The minimum atomic E-state index is -4.81. The first-order valence-electron chi connectivity index (χ1n) is 8.33. The van der Waals surface area contributed by atoms with Crippen LogP contribution in [-0.2, 0) is 4.74 Å². The van der Waals surface area contributed by atoms with Crippen LogP contribution in [0.1, 0.15) is 23.0 Å². The van der Waals surface area contributed by atoms with Crippen LogP contribution in [-0.4, -0.2) is 33.7 Å². The van der Waals surface area contributed by atoms with Crippen molar-refractivity contribution in [1.82, 2.24) is 14.8 Å². The second kappa shape index (κ2) is 7.71. The molecule has 2 aromatic heterocycles. The fourth-order valence-electron chi connectivity index (χ4n) is 2.73. The van der Waals surface area contributed by atoms with E-state index in [0.717, 1.165) is 0 Å². The monoisotopic (exact) mass is 391 g/mol. The second-order valence-corrected chi connectivity index (χ2v) is 5.72. The SMILES string of the molecule is CCOC(=O)c1c(-c2ccncc2)nn(-c2cccc(OC(F)(F)F)c2)c1C. The standard InChI is InChI=1S/C19H16F3N3O3/c1-3-27-18(26)16-12(2)25(24-17(16)13-7-9-23-10-8-13)14-5-4-6-15(11-14)28-19(20,21)22/h4-11H,3H2,1-2H3. The van der Waals surface area contributed by atoms with E-state index in [4.69, 9.17) is 4.74 Å². The highest BCUT2D eigenvalue weighted by atomic mass is 19.4. The molecule has 0 aliphatic heterocycles. The zero-order valence-electron chi connectivity index (χ0n) is 15.0. The van der Waals surface area contributed by atoms with E-state index < -0.39 is 12.3 Å². The lowest BCUT2D eigenvalue weighted by Crippen LogP contribution is -2.17. The van der Waals surface area contributed by atoms with Gasteiger partial charge in [0.1, 0.15) is 17.0 Å². The lowest BCUT2D eigenvalue weighted by atomic mass is 10.1. The molecule has 3 aromatic rings. The molecule has 0 N–H and O–H groups in total. The number of carbonyl (C=O) groups is 1. The number of aromatic nitrogens is 3. The van der Waals surface area contributed by atoms with Gasteiger partial charge in [-0.2, -0.15) is 5.10 Å². The molecule has 146 valence electrons. The number of hydrogen-bond acceptors (Lipinski definition) is 5. The third-order valence-electron chi connectivity index (χ3n) is 3.85. The predicted octanol–water partition coefficient (Wildman–Crippen LogP) is 4.32. The molecular formula is C19H16F3N3O3. The number of ether oxygens (including phenoxy) is 2. The lowest BCUT2D eigenvalue weighted by molar-refractivity contribution is -0.274. The molecule has 0 atom stereocenters. The number of halogens is 3. The minimum absolute atomic E-state index is 0.175. The van der Waals surface area contributed by atoms with Crippen molar-refractivity contribution in [2.45, 2.75) is 20.2 Å². The van der Waals surface area contributed by atoms with Gasteiger partial charge in [0, 0.05) is 24.0 Å². The molecule has 0 saturated carbocycles. The van der Waals surface area contributed by atoms with E-state index in [-0.39, 0.29) is 17.9 Å². The Labute approximate surface area is 158 Å². The van der Waals surface area contributed by atoms with Crippen molar-refractivity contribution in [1.29, 1.82) is 0 Å². The van der Waals surface area contributed by atoms with Crippen LogP contribution in [0.15, 0.2) is 48.8 Å². The van der Waals surface area contributed by atoms with Crippen LogP contribution < -0.4 is 4.74 Å². The summed E-state index contributed by atoms with van der Waals surface area (Å²) in [4.78, 5) is 16.4. The Morgan fingerprint density at radius 3 is 2.54 bits per heavy atom. The maximum atomic E-state index is 12.5. The van der Waals surface area contributed by atoms with E-state index in [1.165, 1.54) is 22.9 Å². The van der Waals surface area contributed by atoms with E-state index >= 15 is 0 Å². The Morgan fingerprint density at radius 2 is 1.89 bits per heavy atom. The number of nitrogens with zero attached hydrogens (tertiary/aromatic N) is 3. The van der Waals surface area contributed by atoms with Crippen molar-refractivity contribution < 1.29 is 27.4 Å². The molecule has 0 radical (unpaired) electrons. The second-order valence-electron chi connectivity index (χ2n) is 5.72. The average molecular weight is 391 g/mol. The number of pyridine rings is 1. The Hall–Kier alpha value is -3.36. The van der Waals surface area contributed by atoms with Gasteiger partial charge in [0.2, 0.25) is 0 Å². The predicted molar refractivity (Wildman–Crippen MR) is 94.2 cm³/mol. The molecule has 0 spiro atoms. The van der Waals surface area contributed by atoms with Gasteiger partial charge in [-0.1, -0.05) is 6.07 Å². The molecular weight excluding hydrogens is 375 g/mol. The summed E-state index contributed by atoms with van der Waals surface area (Å²) < 4.78 is 48.0. The number of hydrogen-bond donors (Lipinski definition) is 0. The van der Waals surface area contributed by atoms with Gasteiger partial charge in [-0.3, -0.25) is 4.98 Å². The van der Waals surface area contributed by atoms with E-state index in [0.29, 0.717) is 22.6 Å². The zero-order chi connectivity index (χ0) is 20.3. The Bertz CT molecular complexity index is 985. The normalized spacial score (nSPS) is 11.3. The van der Waals surface area contributed by atoms with Crippen molar-refractivity contribution >= 4 is 5.97 Å². The van der Waals surface area contributed by atoms with Crippen LogP contribution in [0.2, 0.25) is 0 Å².